The number of nitro benzene ring substituents is 1. The number of benzene rings is 1. The fraction of sp³-hybridized carbons (Fsp3) is 0.364. The molecule has 6 nitrogen and oxygen atoms in total. The fourth-order valence-electron chi connectivity index (χ4n) is 1.55. The van der Waals surface area contributed by atoms with Gasteiger partial charge in [-0.05, 0) is 24.1 Å². The molecule has 0 aliphatic heterocycles. The first kappa shape index (κ1) is 14.0. The van der Waals surface area contributed by atoms with E-state index in [9.17, 15) is 24.7 Å². The molecule has 0 spiro atoms. The summed E-state index contributed by atoms with van der Waals surface area (Å²) in [6, 6.07) is 3.45. The van der Waals surface area contributed by atoms with Crippen LogP contribution in [0.3, 0.4) is 0 Å². The predicted octanol–water partition coefficient (Wildman–Crippen LogP) is 1.35. The summed E-state index contributed by atoms with van der Waals surface area (Å²) in [6.07, 6.45) is -3.14. The van der Waals surface area contributed by atoms with Crippen molar-refractivity contribution in [3.05, 3.63) is 39.2 Å². The van der Waals surface area contributed by atoms with Gasteiger partial charge in [0, 0.05) is 6.07 Å². The third kappa shape index (κ3) is 2.80. The van der Waals surface area contributed by atoms with Crippen LogP contribution < -0.4 is 0 Å². The highest BCUT2D eigenvalue weighted by atomic mass is 19.1. The molecule has 0 radical (unpaired) electrons. The number of nitrogens with zero attached hydrogens (tertiary/aromatic N) is 2. The summed E-state index contributed by atoms with van der Waals surface area (Å²) < 4.78 is 13.4. The minimum atomic E-state index is -1.46. The molecule has 96 valence electrons. The molecule has 0 amide bonds. The number of hydrogen-bond donors (Lipinski definition) is 2. The molecule has 18 heavy (non-hydrogen) atoms. The molecule has 0 aliphatic rings. The predicted molar refractivity (Wildman–Crippen MR) is 59.0 cm³/mol. The van der Waals surface area contributed by atoms with Crippen molar-refractivity contribution in [2.75, 3.05) is 0 Å². The van der Waals surface area contributed by atoms with Crippen LogP contribution in [0.15, 0.2) is 12.1 Å². The average Bonchev–Trinajstić information content (AvgIpc) is 2.30. The summed E-state index contributed by atoms with van der Waals surface area (Å²) in [5.74, 6) is -1.09. The van der Waals surface area contributed by atoms with Crippen LogP contribution in [0.1, 0.15) is 23.7 Å². The molecule has 2 unspecified atom stereocenters. The molecule has 0 saturated heterocycles. The van der Waals surface area contributed by atoms with Crippen molar-refractivity contribution in [2.45, 2.75) is 25.6 Å². The highest BCUT2D eigenvalue weighted by Crippen LogP contribution is 2.28. The van der Waals surface area contributed by atoms with E-state index in [0.29, 0.717) is 0 Å². The second-order valence-electron chi connectivity index (χ2n) is 3.79. The zero-order valence-corrected chi connectivity index (χ0v) is 9.50. The molecule has 0 bridgehead atoms. The first-order valence-corrected chi connectivity index (χ1v) is 5.06. The average molecular weight is 254 g/mol. The fourth-order valence-corrected chi connectivity index (χ4v) is 1.55. The van der Waals surface area contributed by atoms with Crippen LogP contribution in [0.5, 0.6) is 0 Å². The van der Waals surface area contributed by atoms with Crippen LogP contribution in [-0.2, 0) is 0 Å². The normalized spacial score (nSPS) is 13.7. The monoisotopic (exact) mass is 254 g/mol. The van der Waals surface area contributed by atoms with Gasteiger partial charge in [0.25, 0.3) is 0 Å². The van der Waals surface area contributed by atoms with Gasteiger partial charge in [-0.2, -0.15) is 9.65 Å². The molecule has 2 N–H and O–H groups in total. The van der Waals surface area contributed by atoms with Gasteiger partial charge in [-0.3, -0.25) is 10.1 Å². The number of rotatable bonds is 4. The van der Waals surface area contributed by atoms with E-state index in [-0.39, 0.29) is 17.5 Å². The van der Waals surface area contributed by atoms with Crippen LogP contribution in [0.25, 0.3) is 0 Å². The summed E-state index contributed by atoms with van der Waals surface area (Å²) in [4.78, 5) is 9.63. The minimum Gasteiger partial charge on any atom is -0.389 e. The van der Waals surface area contributed by atoms with Gasteiger partial charge in [0.1, 0.15) is 6.10 Å². The van der Waals surface area contributed by atoms with Gasteiger partial charge < -0.3 is 10.2 Å². The number of halogens is 1. The molecule has 0 aromatic heterocycles. The number of aryl methyl sites for hydroxylation is 1. The zero-order chi connectivity index (χ0) is 13.9. The Balaban J connectivity index is 3.16. The van der Waals surface area contributed by atoms with Crippen LogP contribution in [0.2, 0.25) is 0 Å². The molecule has 7 heteroatoms. The Morgan fingerprint density at radius 1 is 1.56 bits per heavy atom. The largest absolute Gasteiger partial charge is 0.389 e. The summed E-state index contributed by atoms with van der Waals surface area (Å²) in [5, 5.41) is 38.0. The summed E-state index contributed by atoms with van der Waals surface area (Å²) in [5.41, 5.74) is -0.397. The van der Waals surface area contributed by atoms with Crippen molar-refractivity contribution < 1.29 is 19.5 Å². The molecule has 2 atom stereocenters. The van der Waals surface area contributed by atoms with Gasteiger partial charge in [0.05, 0.1) is 23.5 Å². The first-order chi connectivity index (χ1) is 8.38. The van der Waals surface area contributed by atoms with Gasteiger partial charge in [-0.1, -0.05) is 0 Å². The maximum Gasteiger partial charge on any atom is 0.305 e. The second kappa shape index (κ2) is 5.53. The van der Waals surface area contributed by atoms with E-state index in [0.717, 1.165) is 12.1 Å². The van der Waals surface area contributed by atoms with Crippen molar-refractivity contribution in [1.29, 1.82) is 5.26 Å². The molecular weight excluding hydrogens is 243 g/mol. The maximum absolute atomic E-state index is 13.4. The minimum absolute atomic E-state index is 0.0286. The maximum atomic E-state index is 13.4. The molecule has 1 rings (SSSR count). The molecule has 0 aliphatic carbocycles. The standard InChI is InChI=1S/C11H11FN2O4/c1-6-4-9(14(17)18)8(12)5-7(6)11(16)10(15)2-3-13/h4-5,10-11,15-16H,2H2,1H3. The summed E-state index contributed by atoms with van der Waals surface area (Å²) >= 11 is 0. The van der Waals surface area contributed by atoms with Crippen molar-refractivity contribution >= 4 is 5.69 Å². The number of aliphatic hydroxyl groups excluding tert-OH is 2. The van der Waals surface area contributed by atoms with Gasteiger partial charge in [0.15, 0.2) is 0 Å². The highest BCUT2D eigenvalue weighted by molar-refractivity contribution is 5.42. The second-order valence-corrected chi connectivity index (χ2v) is 3.79. The van der Waals surface area contributed by atoms with Crippen molar-refractivity contribution in [2.24, 2.45) is 0 Å². The van der Waals surface area contributed by atoms with E-state index in [1.54, 1.807) is 6.07 Å². The molecule has 1 aromatic rings. The number of nitro groups is 1. The molecule has 1 aromatic carbocycles. The Morgan fingerprint density at radius 3 is 2.67 bits per heavy atom. The van der Waals surface area contributed by atoms with Crippen LogP contribution in [0.4, 0.5) is 10.1 Å². The van der Waals surface area contributed by atoms with E-state index in [4.69, 9.17) is 5.26 Å². The number of nitriles is 1. The smallest absolute Gasteiger partial charge is 0.305 e. The zero-order valence-electron chi connectivity index (χ0n) is 9.50. The van der Waals surface area contributed by atoms with E-state index >= 15 is 0 Å². The Bertz CT molecular complexity index is 513. The quantitative estimate of drug-likeness (QED) is 0.622. The highest BCUT2D eigenvalue weighted by Gasteiger charge is 2.24. The van der Waals surface area contributed by atoms with Crippen molar-refractivity contribution in [3.63, 3.8) is 0 Å². The van der Waals surface area contributed by atoms with Gasteiger partial charge in [-0.25, -0.2) is 0 Å². The Morgan fingerprint density at radius 2 is 2.17 bits per heavy atom. The van der Waals surface area contributed by atoms with Crippen LogP contribution in [-0.4, -0.2) is 21.2 Å². The molecule has 0 heterocycles. The lowest BCUT2D eigenvalue weighted by atomic mass is 9.97. The number of aliphatic hydroxyl groups is 2. The summed E-state index contributed by atoms with van der Waals surface area (Å²) in [6.45, 7) is 1.45. The Hall–Kier alpha value is -2.04. The topological polar surface area (TPSA) is 107 Å². The lowest BCUT2D eigenvalue weighted by molar-refractivity contribution is -0.387. The van der Waals surface area contributed by atoms with Crippen molar-refractivity contribution in [1.82, 2.24) is 0 Å². The molecular formula is C11H11FN2O4. The number of hydrogen-bond acceptors (Lipinski definition) is 5. The van der Waals surface area contributed by atoms with E-state index in [1.165, 1.54) is 6.92 Å². The Labute approximate surface area is 102 Å². The third-order valence-corrected chi connectivity index (χ3v) is 2.52. The SMILES string of the molecule is Cc1cc([N+](=O)[O-])c(F)cc1C(O)C(O)CC#N. The molecule has 0 saturated carbocycles. The van der Waals surface area contributed by atoms with Crippen molar-refractivity contribution in [3.8, 4) is 6.07 Å². The van der Waals surface area contributed by atoms with Crippen LogP contribution in [0, 0.1) is 34.2 Å². The molecule has 0 fully saturated rings. The van der Waals surface area contributed by atoms with E-state index in [2.05, 4.69) is 0 Å². The lowest BCUT2D eigenvalue weighted by Gasteiger charge is -2.17. The van der Waals surface area contributed by atoms with E-state index in [1.807, 2.05) is 0 Å². The van der Waals surface area contributed by atoms with Gasteiger partial charge >= 0.3 is 5.69 Å². The third-order valence-electron chi connectivity index (χ3n) is 2.52. The van der Waals surface area contributed by atoms with Crippen LogP contribution >= 0.6 is 0 Å². The Kier molecular flexibility index (Phi) is 4.31. The summed E-state index contributed by atoms with van der Waals surface area (Å²) in [7, 11) is 0. The first-order valence-electron chi connectivity index (χ1n) is 5.06. The van der Waals surface area contributed by atoms with Gasteiger partial charge in [0.2, 0.25) is 5.82 Å². The lowest BCUT2D eigenvalue weighted by Crippen LogP contribution is -2.18. The van der Waals surface area contributed by atoms with E-state index < -0.39 is 28.6 Å². The van der Waals surface area contributed by atoms with Gasteiger partial charge in [-0.15, -0.1) is 0 Å².